The van der Waals surface area contributed by atoms with Gasteiger partial charge in [0.05, 0.1) is 12.7 Å². The van der Waals surface area contributed by atoms with Gasteiger partial charge >= 0.3 is 0 Å². The molecule has 0 aromatic rings. The van der Waals surface area contributed by atoms with Crippen LogP contribution in [0, 0.1) is 5.92 Å². The van der Waals surface area contributed by atoms with Crippen LogP contribution in [0.3, 0.4) is 0 Å². The van der Waals surface area contributed by atoms with Gasteiger partial charge in [-0.3, -0.25) is 0 Å². The summed E-state index contributed by atoms with van der Waals surface area (Å²) < 4.78 is 10.3. The summed E-state index contributed by atoms with van der Waals surface area (Å²) in [5.41, 5.74) is 0. The number of ether oxygens (including phenoxy) is 2. The highest BCUT2D eigenvalue weighted by molar-refractivity contribution is 4.65. The van der Waals surface area contributed by atoms with Gasteiger partial charge in [-0.15, -0.1) is 0 Å². The predicted octanol–water partition coefficient (Wildman–Crippen LogP) is 1.57. The second kappa shape index (κ2) is 10.7. The van der Waals surface area contributed by atoms with Gasteiger partial charge in [-0.2, -0.15) is 0 Å². The number of nitrogens with one attached hydrogen (secondary N) is 1. The van der Waals surface area contributed by atoms with Gasteiger partial charge in [0.2, 0.25) is 0 Å². The van der Waals surface area contributed by atoms with E-state index in [1.807, 2.05) is 0 Å². The summed E-state index contributed by atoms with van der Waals surface area (Å²) in [6.07, 6.45) is 6.81. The van der Waals surface area contributed by atoms with E-state index < -0.39 is 0 Å². The van der Waals surface area contributed by atoms with Crippen LogP contribution in [0.2, 0.25) is 0 Å². The Balaban J connectivity index is 1.86. The van der Waals surface area contributed by atoms with Crippen LogP contribution in [0.15, 0.2) is 0 Å². The van der Waals surface area contributed by atoms with Gasteiger partial charge in [-0.25, -0.2) is 0 Å². The Morgan fingerprint density at radius 3 is 2.83 bits per heavy atom. The summed E-state index contributed by atoms with van der Waals surface area (Å²) in [5.74, 6) is 0.857. The van der Waals surface area contributed by atoms with Crippen LogP contribution in [0.25, 0.3) is 0 Å². The average Bonchev–Trinajstić information content (AvgIpc) is 2.41. The van der Waals surface area contributed by atoms with E-state index in [1.54, 1.807) is 7.11 Å². The molecule has 0 aliphatic carbocycles. The minimum atomic E-state index is -0.212. The van der Waals surface area contributed by atoms with Crippen LogP contribution in [0.5, 0.6) is 0 Å². The van der Waals surface area contributed by atoms with Crippen molar-refractivity contribution in [3.63, 3.8) is 0 Å². The van der Waals surface area contributed by atoms with E-state index in [2.05, 4.69) is 5.32 Å². The third-order valence-corrected chi connectivity index (χ3v) is 3.60. The molecule has 1 rings (SSSR count). The minimum Gasteiger partial charge on any atom is -0.392 e. The maximum absolute atomic E-state index is 9.76. The molecular formula is C14H29NO3. The van der Waals surface area contributed by atoms with Crippen LogP contribution in [-0.4, -0.2) is 51.2 Å². The zero-order valence-corrected chi connectivity index (χ0v) is 11.7. The molecule has 108 valence electrons. The monoisotopic (exact) mass is 259 g/mol. The quantitative estimate of drug-likeness (QED) is 0.585. The van der Waals surface area contributed by atoms with Crippen molar-refractivity contribution in [1.29, 1.82) is 0 Å². The van der Waals surface area contributed by atoms with Crippen molar-refractivity contribution < 1.29 is 14.6 Å². The molecule has 1 fully saturated rings. The highest BCUT2D eigenvalue weighted by Crippen LogP contribution is 2.21. The van der Waals surface area contributed by atoms with Crippen LogP contribution >= 0.6 is 0 Å². The fourth-order valence-electron chi connectivity index (χ4n) is 2.39. The van der Waals surface area contributed by atoms with Crippen molar-refractivity contribution in [2.75, 3.05) is 40.0 Å². The molecule has 4 heteroatoms. The topological polar surface area (TPSA) is 50.7 Å². The number of aliphatic hydroxyl groups is 1. The molecule has 0 spiro atoms. The SMILES string of the molecule is COCCNCC(O)CCCCC1CCOCC1. The number of unbranched alkanes of at least 4 members (excludes halogenated alkanes) is 1. The highest BCUT2D eigenvalue weighted by Gasteiger charge is 2.13. The van der Waals surface area contributed by atoms with Crippen molar-refractivity contribution in [3.8, 4) is 0 Å². The molecular weight excluding hydrogens is 230 g/mol. The number of aliphatic hydroxyl groups excluding tert-OH is 1. The molecule has 1 atom stereocenters. The van der Waals surface area contributed by atoms with Gasteiger partial charge in [0.15, 0.2) is 0 Å². The number of hydrogen-bond donors (Lipinski definition) is 2. The molecule has 0 bridgehead atoms. The molecule has 2 N–H and O–H groups in total. The van der Waals surface area contributed by atoms with E-state index in [0.717, 1.165) is 38.5 Å². The first-order valence-corrected chi connectivity index (χ1v) is 7.28. The van der Waals surface area contributed by atoms with E-state index >= 15 is 0 Å². The third-order valence-electron chi connectivity index (χ3n) is 3.60. The van der Waals surface area contributed by atoms with Crippen LogP contribution < -0.4 is 5.32 Å². The van der Waals surface area contributed by atoms with E-state index in [1.165, 1.54) is 25.7 Å². The highest BCUT2D eigenvalue weighted by atomic mass is 16.5. The number of rotatable bonds is 10. The van der Waals surface area contributed by atoms with Gasteiger partial charge < -0.3 is 19.9 Å². The molecule has 1 saturated heterocycles. The fourth-order valence-corrected chi connectivity index (χ4v) is 2.39. The summed E-state index contributed by atoms with van der Waals surface area (Å²) in [6.45, 7) is 4.08. The zero-order valence-electron chi connectivity index (χ0n) is 11.7. The Labute approximate surface area is 111 Å². The lowest BCUT2D eigenvalue weighted by Crippen LogP contribution is -2.29. The number of hydrogen-bond acceptors (Lipinski definition) is 4. The molecule has 0 aromatic carbocycles. The van der Waals surface area contributed by atoms with E-state index in [9.17, 15) is 5.11 Å². The maximum Gasteiger partial charge on any atom is 0.0664 e. The van der Waals surface area contributed by atoms with Crippen molar-refractivity contribution in [2.45, 2.75) is 44.6 Å². The molecule has 0 saturated carbocycles. The lowest BCUT2D eigenvalue weighted by atomic mass is 9.93. The Morgan fingerprint density at radius 2 is 2.11 bits per heavy atom. The summed E-state index contributed by atoms with van der Waals surface area (Å²) >= 11 is 0. The van der Waals surface area contributed by atoms with Crippen molar-refractivity contribution in [2.24, 2.45) is 5.92 Å². The van der Waals surface area contributed by atoms with E-state index in [0.29, 0.717) is 13.2 Å². The largest absolute Gasteiger partial charge is 0.392 e. The van der Waals surface area contributed by atoms with E-state index in [4.69, 9.17) is 9.47 Å². The molecule has 4 nitrogen and oxygen atoms in total. The first kappa shape index (κ1) is 15.9. The van der Waals surface area contributed by atoms with Gasteiger partial charge in [0.1, 0.15) is 0 Å². The smallest absolute Gasteiger partial charge is 0.0664 e. The normalized spacial score (nSPS) is 19.0. The van der Waals surface area contributed by atoms with Crippen molar-refractivity contribution in [1.82, 2.24) is 5.32 Å². The molecule has 0 aromatic heterocycles. The summed E-state index contributed by atoms with van der Waals surface area (Å²) in [7, 11) is 1.69. The van der Waals surface area contributed by atoms with Crippen molar-refractivity contribution >= 4 is 0 Å². The average molecular weight is 259 g/mol. The van der Waals surface area contributed by atoms with Crippen LogP contribution in [0.1, 0.15) is 38.5 Å². The Kier molecular flexibility index (Phi) is 9.48. The summed E-state index contributed by atoms with van der Waals surface area (Å²) in [4.78, 5) is 0. The van der Waals surface area contributed by atoms with Crippen LogP contribution in [0.4, 0.5) is 0 Å². The second-order valence-electron chi connectivity index (χ2n) is 5.19. The molecule has 0 radical (unpaired) electrons. The molecule has 1 aliphatic heterocycles. The lowest BCUT2D eigenvalue weighted by Gasteiger charge is -2.21. The molecule has 18 heavy (non-hydrogen) atoms. The first-order chi connectivity index (χ1) is 8.83. The molecule has 1 heterocycles. The number of methoxy groups -OCH3 is 1. The predicted molar refractivity (Wildman–Crippen MR) is 72.8 cm³/mol. The fraction of sp³-hybridized carbons (Fsp3) is 1.00. The first-order valence-electron chi connectivity index (χ1n) is 7.28. The molecule has 1 unspecified atom stereocenters. The van der Waals surface area contributed by atoms with Crippen LogP contribution in [-0.2, 0) is 9.47 Å². The molecule has 0 amide bonds. The Morgan fingerprint density at radius 1 is 1.33 bits per heavy atom. The third kappa shape index (κ3) is 8.03. The standard InChI is InChI=1S/C14H29NO3/c1-17-11-8-15-12-14(16)5-3-2-4-13-6-9-18-10-7-13/h13-16H,2-12H2,1H3. The van der Waals surface area contributed by atoms with Crippen molar-refractivity contribution in [3.05, 3.63) is 0 Å². The Bertz CT molecular complexity index is 184. The van der Waals surface area contributed by atoms with Gasteiger partial charge in [0, 0.05) is 33.4 Å². The maximum atomic E-state index is 9.76. The van der Waals surface area contributed by atoms with Gasteiger partial charge in [-0.1, -0.05) is 19.3 Å². The van der Waals surface area contributed by atoms with Gasteiger partial charge in [0.25, 0.3) is 0 Å². The van der Waals surface area contributed by atoms with Gasteiger partial charge in [-0.05, 0) is 25.2 Å². The minimum absolute atomic E-state index is 0.212. The second-order valence-corrected chi connectivity index (χ2v) is 5.19. The zero-order chi connectivity index (χ0) is 13.1. The van der Waals surface area contributed by atoms with E-state index in [-0.39, 0.29) is 6.10 Å². The summed E-state index contributed by atoms with van der Waals surface area (Å²) in [5, 5.41) is 12.9. The Hall–Kier alpha value is -0.160. The molecule has 1 aliphatic rings. The lowest BCUT2D eigenvalue weighted by molar-refractivity contribution is 0.0626. The summed E-state index contributed by atoms with van der Waals surface area (Å²) in [6, 6.07) is 0.